The fourth-order valence-electron chi connectivity index (χ4n) is 2.76. The van der Waals surface area contributed by atoms with Gasteiger partial charge in [0.25, 0.3) is 11.8 Å². The maximum Gasteiger partial charge on any atom is 0.255 e. The van der Waals surface area contributed by atoms with E-state index in [1.165, 1.54) is 11.3 Å². The molecule has 0 spiro atoms. The maximum atomic E-state index is 12.7. The van der Waals surface area contributed by atoms with E-state index in [1.807, 2.05) is 21.7 Å². The molecule has 0 aromatic carbocycles. The lowest BCUT2D eigenvalue weighted by atomic mass is 10.0. The molecule has 1 fully saturated rings. The van der Waals surface area contributed by atoms with Crippen LogP contribution in [0.3, 0.4) is 0 Å². The van der Waals surface area contributed by atoms with Crippen molar-refractivity contribution >= 4 is 17.2 Å². The Morgan fingerprint density at radius 2 is 2.38 bits per heavy atom. The van der Waals surface area contributed by atoms with Crippen molar-refractivity contribution in [3.8, 4) is 0 Å². The topological polar surface area (TPSA) is 77.7 Å². The van der Waals surface area contributed by atoms with Crippen molar-refractivity contribution in [3.63, 3.8) is 0 Å². The van der Waals surface area contributed by atoms with Gasteiger partial charge in [0.2, 0.25) is 0 Å². The van der Waals surface area contributed by atoms with Gasteiger partial charge in [0.15, 0.2) is 5.82 Å². The van der Waals surface area contributed by atoms with Crippen LogP contribution in [0, 0.1) is 0 Å². The maximum absolute atomic E-state index is 12.7. The molecule has 1 atom stereocenters. The SMILES string of the molecule is COCCOCc1nc(C2CCCCN2C(=O)c2ccsc2)no1. The fraction of sp³-hybridized carbons (Fsp3) is 0.562. The highest BCUT2D eigenvalue weighted by Crippen LogP contribution is 2.30. The molecule has 130 valence electrons. The summed E-state index contributed by atoms with van der Waals surface area (Å²) in [4.78, 5) is 19.0. The van der Waals surface area contributed by atoms with E-state index < -0.39 is 0 Å². The summed E-state index contributed by atoms with van der Waals surface area (Å²) >= 11 is 1.52. The molecule has 1 amide bonds. The first-order chi connectivity index (χ1) is 11.8. The van der Waals surface area contributed by atoms with E-state index in [-0.39, 0.29) is 18.6 Å². The van der Waals surface area contributed by atoms with Crippen LogP contribution >= 0.6 is 11.3 Å². The highest BCUT2D eigenvalue weighted by Gasteiger charge is 2.32. The van der Waals surface area contributed by atoms with Gasteiger partial charge in [-0.05, 0) is 30.7 Å². The number of hydrogen-bond acceptors (Lipinski definition) is 7. The van der Waals surface area contributed by atoms with Gasteiger partial charge < -0.3 is 18.9 Å². The Labute approximate surface area is 144 Å². The highest BCUT2D eigenvalue weighted by molar-refractivity contribution is 7.08. The molecule has 1 saturated heterocycles. The quantitative estimate of drug-likeness (QED) is 0.714. The summed E-state index contributed by atoms with van der Waals surface area (Å²) in [5.74, 6) is 1.02. The van der Waals surface area contributed by atoms with Crippen molar-refractivity contribution in [2.75, 3.05) is 26.9 Å². The molecule has 0 radical (unpaired) electrons. The molecule has 0 N–H and O–H groups in total. The number of methoxy groups -OCH3 is 1. The van der Waals surface area contributed by atoms with Crippen LogP contribution in [0.15, 0.2) is 21.3 Å². The second-order valence-corrected chi connectivity index (χ2v) is 6.39. The Kier molecular flexibility index (Phi) is 5.95. The van der Waals surface area contributed by atoms with Crippen LogP contribution < -0.4 is 0 Å². The zero-order valence-electron chi connectivity index (χ0n) is 13.6. The molecule has 1 aliphatic heterocycles. The van der Waals surface area contributed by atoms with Crippen LogP contribution in [-0.2, 0) is 16.1 Å². The largest absolute Gasteiger partial charge is 0.382 e. The number of aromatic nitrogens is 2. The molecule has 0 aliphatic carbocycles. The van der Waals surface area contributed by atoms with Crippen LogP contribution in [0.5, 0.6) is 0 Å². The summed E-state index contributed by atoms with van der Waals surface area (Å²) < 4.78 is 15.6. The third kappa shape index (κ3) is 4.00. The number of carbonyl (C=O) groups excluding carboxylic acids is 1. The van der Waals surface area contributed by atoms with Crippen LogP contribution in [0.1, 0.15) is 47.4 Å². The van der Waals surface area contributed by atoms with Crippen molar-refractivity contribution in [2.45, 2.75) is 31.9 Å². The zero-order chi connectivity index (χ0) is 16.8. The van der Waals surface area contributed by atoms with Gasteiger partial charge in [-0.3, -0.25) is 4.79 Å². The second kappa shape index (κ2) is 8.36. The number of piperidine rings is 1. The predicted octanol–water partition coefficient (Wildman–Crippen LogP) is 2.66. The van der Waals surface area contributed by atoms with Gasteiger partial charge in [-0.15, -0.1) is 0 Å². The van der Waals surface area contributed by atoms with Crippen LogP contribution in [0.4, 0.5) is 0 Å². The van der Waals surface area contributed by atoms with E-state index in [0.717, 1.165) is 24.8 Å². The fourth-order valence-corrected chi connectivity index (χ4v) is 3.39. The molecule has 3 rings (SSSR count). The van der Waals surface area contributed by atoms with E-state index in [2.05, 4.69) is 10.1 Å². The monoisotopic (exact) mass is 351 g/mol. The predicted molar refractivity (Wildman–Crippen MR) is 87.8 cm³/mol. The van der Waals surface area contributed by atoms with Crippen molar-refractivity contribution in [3.05, 3.63) is 34.1 Å². The molecule has 24 heavy (non-hydrogen) atoms. The lowest BCUT2D eigenvalue weighted by molar-refractivity contribution is 0.0494. The first-order valence-electron chi connectivity index (χ1n) is 8.02. The Morgan fingerprint density at radius 3 is 3.17 bits per heavy atom. The molecule has 2 aromatic heterocycles. The summed E-state index contributed by atoms with van der Waals surface area (Å²) in [7, 11) is 1.62. The molecular formula is C16H21N3O4S. The Hall–Kier alpha value is -1.77. The van der Waals surface area contributed by atoms with Gasteiger partial charge in [-0.25, -0.2) is 0 Å². The van der Waals surface area contributed by atoms with Gasteiger partial charge in [-0.2, -0.15) is 16.3 Å². The molecule has 1 unspecified atom stereocenters. The minimum absolute atomic E-state index is 0.0312. The molecule has 0 saturated carbocycles. The average Bonchev–Trinajstić information content (AvgIpc) is 3.30. The van der Waals surface area contributed by atoms with E-state index in [4.69, 9.17) is 14.0 Å². The third-order valence-electron chi connectivity index (χ3n) is 3.97. The summed E-state index contributed by atoms with van der Waals surface area (Å²) in [6, 6.07) is 1.71. The second-order valence-electron chi connectivity index (χ2n) is 5.61. The smallest absolute Gasteiger partial charge is 0.255 e. The van der Waals surface area contributed by atoms with Crippen molar-refractivity contribution in [1.82, 2.24) is 15.0 Å². The van der Waals surface area contributed by atoms with Crippen molar-refractivity contribution in [2.24, 2.45) is 0 Å². The number of ether oxygens (including phenoxy) is 2. The van der Waals surface area contributed by atoms with Crippen LogP contribution in [-0.4, -0.2) is 47.8 Å². The number of rotatable bonds is 7. The number of nitrogens with zero attached hydrogens (tertiary/aromatic N) is 3. The van der Waals surface area contributed by atoms with Crippen LogP contribution in [0.25, 0.3) is 0 Å². The minimum atomic E-state index is -0.136. The summed E-state index contributed by atoms with van der Waals surface area (Å²) in [6.45, 7) is 1.96. The number of amides is 1. The molecule has 2 aromatic rings. The molecule has 7 nitrogen and oxygen atoms in total. The first-order valence-corrected chi connectivity index (χ1v) is 8.96. The van der Waals surface area contributed by atoms with E-state index in [9.17, 15) is 4.79 Å². The number of carbonyl (C=O) groups is 1. The number of hydrogen-bond donors (Lipinski definition) is 0. The minimum Gasteiger partial charge on any atom is -0.382 e. The van der Waals surface area contributed by atoms with E-state index >= 15 is 0 Å². The lowest BCUT2D eigenvalue weighted by Gasteiger charge is -2.33. The summed E-state index contributed by atoms with van der Waals surface area (Å²) in [5, 5.41) is 7.85. The van der Waals surface area contributed by atoms with Crippen LogP contribution in [0.2, 0.25) is 0 Å². The number of thiophene rings is 1. The van der Waals surface area contributed by atoms with Crippen molar-refractivity contribution in [1.29, 1.82) is 0 Å². The Morgan fingerprint density at radius 1 is 1.46 bits per heavy atom. The van der Waals surface area contributed by atoms with Gasteiger partial charge in [-0.1, -0.05) is 5.16 Å². The lowest BCUT2D eigenvalue weighted by Crippen LogP contribution is -2.38. The standard InChI is InChI=1S/C16H21N3O4S/c1-21-7-8-22-10-14-17-15(18-23-14)13-4-2-3-6-19(13)16(20)12-5-9-24-11-12/h5,9,11,13H,2-4,6-8,10H2,1H3. The van der Waals surface area contributed by atoms with Gasteiger partial charge in [0.1, 0.15) is 6.61 Å². The van der Waals surface area contributed by atoms with Gasteiger partial charge in [0.05, 0.1) is 24.8 Å². The average molecular weight is 351 g/mol. The Balaban J connectivity index is 1.67. The molecule has 8 heteroatoms. The Bertz CT molecular complexity index is 644. The molecule has 1 aliphatic rings. The normalized spacial score (nSPS) is 18.0. The van der Waals surface area contributed by atoms with Crippen molar-refractivity contribution < 1.29 is 18.8 Å². The summed E-state index contributed by atoms with van der Waals surface area (Å²) in [5.41, 5.74) is 0.721. The van der Waals surface area contributed by atoms with Gasteiger partial charge >= 0.3 is 0 Å². The highest BCUT2D eigenvalue weighted by atomic mass is 32.1. The molecular weight excluding hydrogens is 330 g/mol. The molecule has 3 heterocycles. The van der Waals surface area contributed by atoms with E-state index in [1.54, 1.807) is 7.11 Å². The molecule has 0 bridgehead atoms. The van der Waals surface area contributed by atoms with E-state index in [0.29, 0.717) is 31.5 Å². The summed E-state index contributed by atoms with van der Waals surface area (Å²) in [6.07, 6.45) is 2.89. The number of likely N-dealkylation sites (tertiary alicyclic amines) is 1. The third-order valence-corrected chi connectivity index (χ3v) is 4.65. The van der Waals surface area contributed by atoms with Gasteiger partial charge in [0, 0.05) is 19.0 Å². The zero-order valence-corrected chi connectivity index (χ0v) is 14.5. The first kappa shape index (κ1) is 17.1.